The molecule has 0 aliphatic carbocycles. The first kappa shape index (κ1) is 30.5. The van der Waals surface area contributed by atoms with Gasteiger partial charge in [0.25, 0.3) is 0 Å². The minimum absolute atomic E-state index is 0.0129. The molecule has 2 heterocycles. The number of benzene rings is 2. The van der Waals surface area contributed by atoms with Gasteiger partial charge >= 0.3 is 0 Å². The maximum atomic E-state index is 13.7. The molecular weight excluding hydrogens is 550 g/mol. The largest absolute Gasteiger partial charge is 0.394 e. The van der Waals surface area contributed by atoms with Crippen molar-refractivity contribution in [2.75, 3.05) is 31.7 Å². The topological polar surface area (TPSA) is 112 Å². The number of nitrogens with one attached hydrogen (secondary N) is 2. The summed E-state index contributed by atoms with van der Waals surface area (Å²) in [6.45, 7) is 0.161. The third-order valence-corrected chi connectivity index (χ3v) is 8.87. The third kappa shape index (κ3) is 8.54. The van der Waals surface area contributed by atoms with Gasteiger partial charge in [-0.2, -0.15) is 4.72 Å². The van der Waals surface area contributed by atoms with E-state index in [1.54, 1.807) is 4.90 Å². The smallest absolute Gasteiger partial charge is 0.244 e. The van der Waals surface area contributed by atoms with E-state index in [0.29, 0.717) is 44.3 Å². The van der Waals surface area contributed by atoms with Gasteiger partial charge in [-0.25, -0.2) is 12.8 Å². The second-order valence-electron chi connectivity index (χ2n) is 10.3. The van der Waals surface area contributed by atoms with Gasteiger partial charge in [-0.05, 0) is 67.3 Å². The molecule has 3 N–H and O–H groups in total. The number of piperidine rings is 1. The number of amides is 1. The number of hydrogen-bond acceptors (Lipinski definition) is 6. The summed E-state index contributed by atoms with van der Waals surface area (Å²) in [4.78, 5) is 19.1. The summed E-state index contributed by atoms with van der Waals surface area (Å²) in [5.74, 6) is -0.643. The Bertz CT molecular complexity index is 1370. The molecule has 0 unspecified atom stereocenters. The molecule has 1 aliphatic heterocycles. The van der Waals surface area contributed by atoms with Crippen LogP contribution in [-0.4, -0.2) is 67.8 Å². The highest BCUT2D eigenvalue weighted by atomic mass is 32.2. The summed E-state index contributed by atoms with van der Waals surface area (Å²) in [6.07, 6.45) is 4.85. The molecule has 1 fully saturated rings. The molecule has 0 radical (unpaired) electrons. The van der Waals surface area contributed by atoms with Gasteiger partial charge in [-0.1, -0.05) is 42.5 Å². The minimum Gasteiger partial charge on any atom is -0.394 e. The first-order chi connectivity index (χ1) is 19.8. The van der Waals surface area contributed by atoms with Crippen molar-refractivity contribution in [1.82, 2.24) is 14.6 Å². The zero-order valence-electron chi connectivity index (χ0n) is 22.8. The van der Waals surface area contributed by atoms with Crippen molar-refractivity contribution in [3.8, 4) is 0 Å². The summed E-state index contributed by atoms with van der Waals surface area (Å²) in [5, 5.41) is 13.1. The maximum Gasteiger partial charge on any atom is 0.244 e. The van der Waals surface area contributed by atoms with Crippen LogP contribution >= 0.6 is 0 Å². The van der Waals surface area contributed by atoms with Gasteiger partial charge in [0.2, 0.25) is 15.9 Å². The number of pyridine rings is 1. The Morgan fingerprint density at radius 1 is 1.02 bits per heavy atom. The van der Waals surface area contributed by atoms with Crippen LogP contribution in [-0.2, 0) is 27.7 Å². The number of aromatic nitrogens is 1. The van der Waals surface area contributed by atoms with Crippen LogP contribution < -0.4 is 10.0 Å². The molecule has 0 bridgehead atoms. The molecule has 1 amide bonds. The lowest BCUT2D eigenvalue weighted by Crippen LogP contribution is -2.51. The summed E-state index contributed by atoms with van der Waals surface area (Å²) in [5.41, 5.74) is 1.80. The van der Waals surface area contributed by atoms with Crippen molar-refractivity contribution in [3.63, 3.8) is 0 Å². The predicted octanol–water partition coefficient (Wildman–Crippen LogP) is 3.72. The van der Waals surface area contributed by atoms with Crippen LogP contribution in [0.1, 0.15) is 30.4 Å². The molecule has 4 rings (SSSR count). The SMILES string of the molecule is O=C([C@H](Cc1ccc(F)cc1)NS(=O)(=O)c1cnccc1N[C@H](CO)Cc1ccccc1)N1CCC(CCF)CC1. The lowest BCUT2D eigenvalue weighted by molar-refractivity contribution is -0.134. The number of rotatable bonds is 13. The van der Waals surface area contributed by atoms with Crippen LogP contribution in [0.5, 0.6) is 0 Å². The Kier molecular flexibility index (Phi) is 10.8. The first-order valence-electron chi connectivity index (χ1n) is 13.8. The van der Waals surface area contributed by atoms with Crippen molar-refractivity contribution >= 4 is 21.6 Å². The van der Waals surface area contributed by atoms with Crippen LogP contribution in [0, 0.1) is 11.7 Å². The van der Waals surface area contributed by atoms with Crippen molar-refractivity contribution in [3.05, 3.63) is 90.0 Å². The van der Waals surface area contributed by atoms with Crippen LogP contribution in [0.25, 0.3) is 0 Å². The molecule has 1 saturated heterocycles. The molecule has 0 spiro atoms. The van der Waals surface area contributed by atoms with E-state index in [0.717, 1.165) is 5.56 Å². The van der Waals surface area contributed by atoms with Gasteiger partial charge in [0.1, 0.15) is 16.8 Å². The van der Waals surface area contributed by atoms with Crippen LogP contribution in [0.4, 0.5) is 14.5 Å². The Hall–Kier alpha value is -3.41. The van der Waals surface area contributed by atoms with Crippen LogP contribution in [0.3, 0.4) is 0 Å². The second-order valence-corrected chi connectivity index (χ2v) is 12.0. The highest BCUT2D eigenvalue weighted by molar-refractivity contribution is 7.89. The van der Waals surface area contributed by atoms with Crippen LogP contribution in [0.15, 0.2) is 78.0 Å². The number of anilines is 1. The van der Waals surface area contributed by atoms with Gasteiger partial charge in [-0.3, -0.25) is 14.2 Å². The Morgan fingerprint density at radius 3 is 2.37 bits per heavy atom. The molecule has 1 aliphatic rings. The molecule has 220 valence electrons. The molecule has 1 aromatic heterocycles. The highest BCUT2D eigenvalue weighted by Gasteiger charge is 2.33. The van der Waals surface area contributed by atoms with Crippen molar-refractivity contribution in [2.24, 2.45) is 5.92 Å². The van der Waals surface area contributed by atoms with Crippen molar-refractivity contribution in [2.45, 2.75) is 49.1 Å². The lowest BCUT2D eigenvalue weighted by atomic mass is 9.93. The average molecular weight is 587 g/mol. The van der Waals surface area contributed by atoms with E-state index in [1.807, 2.05) is 30.3 Å². The quantitative estimate of drug-likeness (QED) is 0.282. The number of sulfonamides is 1. The molecule has 11 heteroatoms. The van der Waals surface area contributed by atoms with Gasteiger partial charge in [0.05, 0.1) is 25.0 Å². The van der Waals surface area contributed by atoms with E-state index in [4.69, 9.17) is 0 Å². The lowest BCUT2D eigenvalue weighted by Gasteiger charge is -2.34. The summed E-state index contributed by atoms with van der Waals surface area (Å²) in [7, 11) is -4.28. The van der Waals surface area contributed by atoms with E-state index in [2.05, 4.69) is 15.0 Å². The fourth-order valence-corrected chi connectivity index (χ4v) is 6.40. The molecule has 3 aromatic rings. The van der Waals surface area contributed by atoms with Crippen LogP contribution in [0.2, 0.25) is 0 Å². The Balaban J connectivity index is 1.56. The number of carbonyl (C=O) groups excluding carboxylic acids is 1. The summed E-state index contributed by atoms with van der Waals surface area (Å²) in [6, 6.07) is 14.9. The minimum atomic E-state index is -4.28. The summed E-state index contributed by atoms with van der Waals surface area (Å²) < 4.78 is 56.4. The second kappa shape index (κ2) is 14.5. The molecule has 2 atom stereocenters. The van der Waals surface area contributed by atoms with Gasteiger partial charge in [0.15, 0.2) is 0 Å². The number of aliphatic hydroxyl groups is 1. The fourth-order valence-electron chi connectivity index (χ4n) is 5.10. The van der Waals surface area contributed by atoms with E-state index in [9.17, 15) is 27.1 Å². The van der Waals surface area contributed by atoms with E-state index >= 15 is 0 Å². The zero-order valence-corrected chi connectivity index (χ0v) is 23.6. The molecule has 2 aromatic carbocycles. The van der Waals surface area contributed by atoms with Crippen molar-refractivity contribution in [1.29, 1.82) is 0 Å². The molecule has 8 nitrogen and oxygen atoms in total. The average Bonchev–Trinajstić information content (AvgIpc) is 2.98. The number of halogens is 2. The molecular formula is C30H36F2N4O4S. The first-order valence-corrected chi connectivity index (χ1v) is 15.2. The monoisotopic (exact) mass is 586 g/mol. The number of alkyl halides is 1. The fraction of sp³-hybridized carbons (Fsp3) is 0.400. The predicted molar refractivity (Wildman–Crippen MR) is 153 cm³/mol. The van der Waals surface area contributed by atoms with E-state index in [-0.39, 0.29) is 29.5 Å². The molecule has 41 heavy (non-hydrogen) atoms. The van der Waals surface area contributed by atoms with Crippen molar-refractivity contribution < 1.29 is 27.1 Å². The number of hydrogen-bond donors (Lipinski definition) is 3. The van der Waals surface area contributed by atoms with E-state index in [1.165, 1.54) is 42.7 Å². The standard InChI is InChI=1S/C30H36F2N4O4S/c31-14-10-22-12-16-36(17-13-22)30(38)28(19-24-6-8-25(32)9-7-24)35-41(39,40)29-20-33-15-11-27(29)34-26(21-37)18-23-4-2-1-3-5-23/h1-9,11,15,20,22,26,28,35,37H,10,12-14,16-19,21H2,(H,33,34)/t26-,28-/m0/s1. The van der Waals surface area contributed by atoms with E-state index < -0.39 is 40.5 Å². The Labute approximate surface area is 239 Å². The van der Waals surface area contributed by atoms with Gasteiger partial charge in [0, 0.05) is 25.5 Å². The summed E-state index contributed by atoms with van der Waals surface area (Å²) >= 11 is 0. The zero-order chi connectivity index (χ0) is 29.2. The number of likely N-dealkylation sites (tertiary alicyclic amines) is 1. The van der Waals surface area contributed by atoms with Gasteiger partial charge < -0.3 is 15.3 Å². The number of nitrogens with zero attached hydrogens (tertiary/aromatic N) is 2. The number of carbonyl (C=O) groups is 1. The Morgan fingerprint density at radius 2 is 1.71 bits per heavy atom. The maximum absolute atomic E-state index is 13.7. The normalized spacial score (nSPS) is 15.8. The highest BCUT2D eigenvalue weighted by Crippen LogP contribution is 2.24. The van der Waals surface area contributed by atoms with Gasteiger partial charge in [-0.15, -0.1) is 0 Å². The number of aliphatic hydroxyl groups excluding tert-OH is 1. The molecule has 0 saturated carbocycles. The third-order valence-electron chi connectivity index (χ3n) is 7.37.